The fraction of sp³-hybridized carbons (Fsp3) is 0.714. The number of hydrogen-bond donors (Lipinski definition) is 1. The molecule has 1 N–H and O–H groups in total. The van der Waals surface area contributed by atoms with E-state index in [0.717, 1.165) is 6.54 Å². The molecule has 1 aliphatic rings. The molecule has 0 saturated carbocycles. The van der Waals surface area contributed by atoms with Crippen molar-refractivity contribution < 1.29 is 4.74 Å². The van der Waals surface area contributed by atoms with Crippen LogP contribution in [0.4, 0.5) is 0 Å². The molecule has 1 aliphatic carbocycles. The number of methoxy groups -OCH3 is 1. The van der Waals surface area contributed by atoms with Gasteiger partial charge in [-0.2, -0.15) is 0 Å². The summed E-state index contributed by atoms with van der Waals surface area (Å²) < 4.78 is 5.26. The van der Waals surface area contributed by atoms with Crippen molar-refractivity contribution in [3.8, 4) is 0 Å². The number of rotatable bonds is 5. The minimum Gasteiger partial charge on any atom is -0.380 e. The van der Waals surface area contributed by atoms with Crippen LogP contribution in [-0.2, 0) is 17.6 Å². The SMILES string of the molecule is COC(C)CNC(C)c1cc2c(s1)CCCC2. The Morgan fingerprint density at radius 3 is 2.82 bits per heavy atom. The molecule has 0 bridgehead atoms. The first-order valence-electron chi connectivity index (χ1n) is 6.58. The largest absolute Gasteiger partial charge is 0.380 e. The van der Waals surface area contributed by atoms with E-state index < -0.39 is 0 Å². The molecule has 1 aromatic rings. The lowest BCUT2D eigenvalue weighted by molar-refractivity contribution is 0.115. The fourth-order valence-electron chi connectivity index (χ4n) is 2.25. The second-order valence-corrected chi connectivity index (χ2v) is 6.15. The summed E-state index contributed by atoms with van der Waals surface area (Å²) in [5, 5.41) is 3.54. The summed E-state index contributed by atoms with van der Waals surface area (Å²) in [6, 6.07) is 2.86. The third-order valence-corrected chi connectivity index (χ3v) is 4.98. The van der Waals surface area contributed by atoms with E-state index in [0.29, 0.717) is 6.04 Å². The smallest absolute Gasteiger partial charge is 0.0667 e. The summed E-state index contributed by atoms with van der Waals surface area (Å²) >= 11 is 2.00. The molecule has 0 saturated heterocycles. The third kappa shape index (κ3) is 3.30. The molecule has 1 heterocycles. The molecule has 2 nitrogen and oxygen atoms in total. The molecule has 0 fully saturated rings. The van der Waals surface area contributed by atoms with Crippen LogP contribution in [0.15, 0.2) is 6.07 Å². The van der Waals surface area contributed by atoms with Crippen LogP contribution in [0.1, 0.15) is 48.0 Å². The van der Waals surface area contributed by atoms with Crippen molar-refractivity contribution in [3.05, 3.63) is 21.4 Å². The Hall–Kier alpha value is -0.380. The number of aryl methyl sites for hydroxylation is 2. The van der Waals surface area contributed by atoms with Gasteiger partial charge in [-0.25, -0.2) is 0 Å². The average molecular weight is 253 g/mol. The Balaban J connectivity index is 1.94. The Bertz CT molecular complexity index is 338. The fourth-order valence-corrected chi connectivity index (χ4v) is 3.54. The van der Waals surface area contributed by atoms with Gasteiger partial charge < -0.3 is 10.1 Å². The van der Waals surface area contributed by atoms with Crippen LogP contribution in [0.25, 0.3) is 0 Å². The van der Waals surface area contributed by atoms with E-state index in [1.807, 2.05) is 11.3 Å². The van der Waals surface area contributed by atoms with Gasteiger partial charge >= 0.3 is 0 Å². The highest BCUT2D eigenvalue weighted by molar-refractivity contribution is 7.12. The standard InChI is InChI=1S/C14H23NOS/c1-10(16-3)9-15-11(2)14-8-12-6-4-5-7-13(12)17-14/h8,10-11,15H,4-7,9H2,1-3H3. The molecule has 0 spiro atoms. The lowest BCUT2D eigenvalue weighted by Gasteiger charge is -2.15. The Kier molecular flexibility index (Phi) is 4.60. The molecular formula is C14H23NOS. The maximum absolute atomic E-state index is 5.26. The molecule has 3 heteroatoms. The highest BCUT2D eigenvalue weighted by Gasteiger charge is 2.16. The van der Waals surface area contributed by atoms with E-state index in [4.69, 9.17) is 4.74 Å². The lowest BCUT2D eigenvalue weighted by Crippen LogP contribution is -2.27. The van der Waals surface area contributed by atoms with E-state index in [1.54, 1.807) is 17.6 Å². The van der Waals surface area contributed by atoms with Crippen LogP contribution in [0, 0.1) is 0 Å². The molecule has 0 amide bonds. The first kappa shape index (κ1) is 13.1. The van der Waals surface area contributed by atoms with E-state index in [9.17, 15) is 0 Å². The number of nitrogens with one attached hydrogen (secondary N) is 1. The molecule has 96 valence electrons. The van der Waals surface area contributed by atoms with Gasteiger partial charge in [-0.15, -0.1) is 11.3 Å². The van der Waals surface area contributed by atoms with Gasteiger partial charge in [0.2, 0.25) is 0 Å². The molecule has 2 rings (SSSR count). The van der Waals surface area contributed by atoms with Crippen LogP contribution in [-0.4, -0.2) is 19.8 Å². The Labute approximate surface area is 108 Å². The molecule has 0 aliphatic heterocycles. The van der Waals surface area contributed by atoms with Gasteiger partial charge in [-0.3, -0.25) is 0 Å². The molecule has 1 aromatic heterocycles. The van der Waals surface area contributed by atoms with Gasteiger partial charge in [-0.1, -0.05) is 0 Å². The van der Waals surface area contributed by atoms with Gasteiger partial charge in [0.15, 0.2) is 0 Å². The number of ether oxygens (including phenoxy) is 1. The Morgan fingerprint density at radius 2 is 2.12 bits per heavy atom. The van der Waals surface area contributed by atoms with E-state index in [1.165, 1.54) is 30.6 Å². The zero-order valence-corrected chi connectivity index (χ0v) is 11.9. The molecule has 2 atom stereocenters. The van der Waals surface area contributed by atoms with Crippen molar-refractivity contribution >= 4 is 11.3 Å². The van der Waals surface area contributed by atoms with Crippen molar-refractivity contribution in [1.29, 1.82) is 0 Å². The van der Waals surface area contributed by atoms with E-state index in [-0.39, 0.29) is 6.10 Å². The first-order chi connectivity index (χ1) is 8.20. The van der Waals surface area contributed by atoms with Gasteiger partial charge in [0, 0.05) is 29.5 Å². The van der Waals surface area contributed by atoms with Crippen molar-refractivity contribution in [3.63, 3.8) is 0 Å². The molecule has 0 radical (unpaired) electrons. The summed E-state index contributed by atoms with van der Waals surface area (Å²) in [6.45, 7) is 5.26. The predicted octanol–water partition coefficient (Wildman–Crippen LogP) is 3.31. The quantitative estimate of drug-likeness (QED) is 0.869. The second-order valence-electron chi connectivity index (χ2n) is 4.98. The molecular weight excluding hydrogens is 230 g/mol. The molecule has 2 unspecified atom stereocenters. The number of hydrogen-bond acceptors (Lipinski definition) is 3. The molecule has 0 aromatic carbocycles. The van der Waals surface area contributed by atoms with Crippen molar-refractivity contribution in [2.75, 3.05) is 13.7 Å². The molecule has 17 heavy (non-hydrogen) atoms. The number of fused-ring (bicyclic) bond motifs is 1. The maximum Gasteiger partial charge on any atom is 0.0667 e. The maximum atomic E-state index is 5.26. The van der Waals surface area contributed by atoms with Crippen LogP contribution < -0.4 is 5.32 Å². The topological polar surface area (TPSA) is 21.3 Å². The number of thiophene rings is 1. The van der Waals surface area contributed by atoms with Crippen molar-refractivity contribution in [1.82, 2.24) is 5.32 Å². The average Bonchev–Trinajstić information content (AvgIpc) is 2.79. The summed E-state index contributed by atoms with van der Waals surface area (Å²) in [5.41, 5.74) is 1.60. The summed E-state index contributed by atoms with van der Waals surface area (Å²) in [7, 11) is 1.76. The summed E-state index contributed by atoms with van der Waals surface area (Å²) in [4.78, 5) is 3.11. The second kappa shape index (κ2) is 5.98. The predicted molar refractivity (Wildman–Crippen MR) is 73.8 cm³/mol. The minimum atomic E-state index is 0.284. The summed E-state index contributed by atoms with van der Waals surface area (Å²) in [6.07, 6.45) is 5.60. The van der Waals surface area contributed by atoms with Gasteiger partial charge in [-0.05, 0) is 51.2 Å². The highest BCUT2D eigenvalue weighted by Crippen LogP contribution is 2.32. The van der Waals surface area contributed by atoms with Crippen molar-refractivity contribution in [2.24, 2.45) is 0 Å². The van der Waals surface area contributed by atoms with Crippen LogP contribution >= 0.6 is 11.3 Å². The van der Waals surface area contributed by atoms with E-state index >= 15 is 0 Å². The van der Waals surface area contributed by atoms with E-state index in [2.05, 4.69) is 25.2 Å². The monoisotopic (exact) mass is 253 g/mol. The third-order valence-electron chi connectivity index (χ3n) is 3.56. The van der Waals surface area contributed by atoms with Gasteiger partial charge in [0.1, 0.15) is 0 Å². The van der Waals surface area contributed by atoms with Gasteiger partial charge in [0.05, 0.1) is 6.10 Å². The van der Waals surface area contributed by atoms with Crippen molar-refractivity contribution in [2.45, 2.75) is 51.7 Å². The lowest BCUT2D eigenvalue weighted by atomic mass is 9.99. The van der Waals surface area contributed by atoms with Crippen LogP contribution in [0.3, 0.4) is 0 Å². The zero-order chi connectivity index (χ0) is 12.3. The summed E-state index contributed by atoms with van der Waals surface area (Å²) in [5.74, 6) is 0. The van der Waals surface area contributed by atoms with Crippen LogP contribution in [0.5, 0.6) is 0 Å². The zero-order valence-electron chi connectivity index (χ0n) is 11.1. The normalized spacial score (nSPS) is 18.8. The highest BCUT2D eigenvalue weighted by atomic mass is 32.1. The van der Waals surface area contributed by atoms with Crippen LogP contribution in [0.2, 0.25) is 0 Å². The Morgan fingerprint density at radius 1 is 1.35 bits per heavy atom. The first-order valence-corrected chi connectivity index (χ1v) is 7.40. The van der Waals surface area contributed by atoms with Gasteiger partial charge in [0.25, 0.3) is 0 Å². The minimum absolute atomic E-state index is 0.284.